The number of rotatable bonds is 2. The first-order valence-electron chi connectivity index (χ1n) is 5.94. The van der Waals surface area contributed by atoms with E-state index in [4.69, 9.17) is 0 Å². The molecule has 0 fully saturated rings. The highest BCUT2D eigenvalue weighted by molar-refractivity contribution is 5.65. The molecule has 17 heavy (non-hydrogen) atoms. The van der Waals surface area contributed by atoms with Crippen molar-refractivity contribution >= 4 is 0 Å². The second-order valence-corrected chi connectivity index (χ2v) is 4.76. The fourth-order valence-corrected chi connectivity index (χ4v) is 1.92. The summed E-state index contributed by atoms with van der Waals surface area (Å²) in [7, 11) is 0. The summed E-state index contributed by atoms with van der Waals surface area (Å²) >= 11 is 0. The third-order valence-electron chi connectivity index (χ3n) is 2.99. The molecule has 0 nitrogen and oxygen atoms in total. The van der Waals surface area contributed by atoms with Crippen molar-refractivity contribution in [2.45, 2.75) is 26.7 Å². The highest BCUT2D eigenvalue weighted by atomic mass is 19.1. The molecule has 0 saturated carbocycles. The van der Waals surface area contributed by atoms with Crippen molar-refractivity contribution in [2.24, 2.45) is 0 Å². The minimum Gasteiger partial charge on any atom is -0.206 e. The standard InChI is InChI=1S/C16H17F/c1-11(2)13-5-4-6-14(10-13)15-8-7-12(3)9-16(15)17/h4-11H,1-3H3. The average Bonchev–Trinajstić information content (AvgIpc) is 2.29. The molecule has 0 aliphatic heterocycles. The van der Waals surface area contributed by atoms with Gasteiger partial charge in [-0.05, 0) is 35.6 Å². The van der Waals surface area contributed by atoms with Crippen molar-refractivity contribution in [3.05, 3.63) is 59.4 Å². The first-order chi connectivity index (χ1) is 8.08. The van der Waals surface area contributed by atoms with Gasteiger partial charge < -0.3 is 0 Å². The Morgan fingerprint density at radius 2 is 1.76 bits per heavy atom. The van der Waals surface area contributed by atoms with Crippen LogP contribution in [0.4, 0.5) is 4.39 Å². The molecule has 0 aliphatic rings. The third kappa shape index (κ3) is 2.55. The Morgan fingerprint density at radius 1 is 1.00 bits per heavy atom. The van der Waals surface area contributed by atoms with Crippen molar-refractivity contribution in [3.8, 4) is 11.1 Å². The monoisotopic (exact) mass is 228 g/mol. The molecule has 88 valence electrons. The van der Waals surface area contributed by atoms with Crippen molar-refractivity contribution in [2.75, 3.05) is 0 Å². The van der Waals surface area contributed by atoms with E-state index in [1.165, 1.54) is 5.56 Å². The number of aryl methyl sites for hydroxylation is 1. The molecule has 0 N–H and O–H groups in total. The molecule has 0 saturated heterocycles. The van der Waals surface area contributed by atoms with E-state index in [1.807, 2.05) is 31.2 Å². The Balaban J connectivity index is 2.49. The van der Waals surface area contributed by atoms with E-state index >= 15 is 0 Å². The van der Waals surface area contributed by atoms with Gasteiger partial charge in [0.05, 0.1) is 0 Å². The summed E-state index contributed by atoms with van der Waals surface area (Å²) in [6.07, 6.45) is 0. The van der Waals surface area contributed by atoms with Gasteiger partial charge >= 0.3 is 0 Å². The van der Waals surface area contributed by atoms with Crippen molar-refractivity contribution < 1.29 is 4.39 Å². The van der Waals surface area contributed by atoms with Crippen LogP contribution in [-0.4, -0.2) is 0 Å². The Bertz CT molecular complexity index is 527. The van der Waals surface area contributed by atoms with Gasteiger partial charge in [0.2, 0.25) is 0 Å². The van der Waals surface area contributed by atoms with Gasteiger partial charge in [0.1, 0.15) is 5.82 Å². The molecular formula is C16H17F. The Kier molecular flexibility index (Phi) is 3.28. The maximum Gasteiger partial charge on any atom is 0.131 e. The number of halogens is 1. The van der Waals surface area contributed by atoms with Crippen LogP contribution in [0.25, 0.3) is 11.1 Å². The molecule has 0 spiro atoms. The van der Waals surface area contributed by atoms with Crippen LogP contribution < -0.4 is 0 Å². The lowest BCUT2D eigenvalue weighted by Crippen LogP contribution is -1.90. The van der Waals surface area contributed by atoms with Crippen molar-refractivity contribution in [1.82, 2.24) is 0 Å². The van der Waals surface area contributed by atoms with E-state index in [0.29, 0.717) is 11.5 Å². The van der Waals surface area contributed by atoms with Crippen LogP contribution in [0.3, 0.4) is 0 Å². The van der Waals surface area contributed by atoms with Gasteiger partial charge in [-0.25, -0.2) is 4.39 Å². The number of benzene rings is 2. The SMILES string of the molecule is Cc1ccc(-c2cccc(C(C)C)c2)c(F)c1. The maximum atomic E-state index is 13.9. The minimum atomic E-state index is -0.147. The molecule has 0 amide bonds. The molecule has 0 heterocycles. The van der Waals surface area contributed by atoms with E-state index in [1.54, 1.807) is 6.07 Å². The molecule has 0 aromatic heterocycles. The molecular weight excluding hydrogens is 211 g/mol. The first kappa shape index (κ1) is 11.8. The topological polar surface area (TPSA) is 0 Å². The molecule has 0 atom stereocenters. The summed E-state index contributed by atoms with van der Waals surface area (Å²) < 4.78 is 13.9. The molecule has 0 unspecified atom stereocenters. The predicted octanol–water partition coefficient (Wildman–Crippen LogP) is 4.92. The van der Waals surface area contributed by atoms with E-state index < -0.39 is 0 Å². The zero-order valence-corrected chi connectivity index (χ0v) is 10.5. The Labute approximate surface area is 102 Å². The van der Waals surface area contributed by atoms with Crippen LogP contribution in [0.2, 0.25) is 0 Å². The molecule has 1 heteroatoms. The smallest absolute Gasteiger partial charge is 0.131 e. The maximum absolute atomic E-state index is 13.9. The minimum absolute atomic E-state index is 0.147. The highest BCUT2D eigenvalue weighted by Crippen LogP contribution is 2.26. The van der Waals surface area contributed by atoms with Gasteiger partial charge in [0.15, 0.2) is 0 Å². The van der Waals surface area contributed by atoms with Crippen LogP contribution in [-0.2, 0) is 0 Å². The normalized spacial score (nSPS) is 10.9. The molecule has 2 aromatic carbocycles. The predicted molar refractivity (Wildman–Crippen MR) is 70.7 cm³/mol. The molecule has 2 rings (SSSR count). The highest BCUT2D eigenvalue weighted by Gasteiger charge is 2.06. The van der Waals surface area contributed by atoms with E-state index in [0.717, 1.165) is 11.1 Å². The summed E-state index contributed by atoms with van der Waals surface area (Å²) in [4.78, 5) is 0. The van der Waals surface area contributed by atoms with Gasteiger partial charge in [-0.2, -0.15) is 0 Å². The second kappa shape index (κ2) is 4.70. The van der Waals surface area contributed by atoms with Gasteiger partial charge in [-0.15, -0.1) is 0 Å². The lowest BCUT2D eigenvalue weighted by Gasteiger charge is -2.09. The number of hydrogen-bond donors (Lipinski definition) is 0. The van der Waals surface area contributed by atoms with Gasteiger partial charge in [-0.1, -0.05) is 50.2 Å². The third-order valence-corrected chi connectivity index (χ3v) is 2.99. The molecule has 0 radical (unpaired) electrons. The van der Waals surface area contributed by atoms with E-state index in [2.05, 4.69) is 26.0 Å². The van der Waals surface area contributed by atoms with Crippen molar-refractivity contribution in [3.63, 3.8) is 0 Å². The van der Waals surface area contributed by atoms with E-state index in [9.17, 15) is 4.39 Å². The lowest BCUT2D eigenvalue weighted by molar-refractivity contribution is 0.630. The summed E-state index contributed by atoms with van der Waals surface area (Å²) in [5.41, 5.74) is 3.82. The largest absolute Gasteiger partial charge is 0.206 e. The fraction of sp³-hybridized carbons (Fsp3) is 0.250. The lowest BCUT2D eigenvalue weighted by atomic mass is 9.97. The van der Waals surface area contributed by atoms with Gasteiger partial charge in [0.25, 0.3) is 0 Å². The quantitative estimate of drug-likeness (QED) is 0.684. The summed E-state index contributed by atoms with van der Waals surface area (Å²) in [5, 5.41) is 0. The first-order valence-corrected chi connectivity index (χ1v) is 5.94. The van der Waals surface area contributed by atoms with Crippen LogP contribution >= 0.6 is 0 Å². The van der Waals surface area contributed by atoms with Crippen LogP contribution in [0.1, 0.15) is 30.9 Å². The summed E-state index contributed by atoms with van der Waals surface area (Å²) in [6.45, 7) is 6.19. The average molecular weight is 228 g/mol. The molecule has 0 bridgehead atoms. The second-order valence-electron chi connectivity index (χ2n) is 4.76. The number of hydrogen-bond acceptors (Lipinski definition) is 0. The summed E-state index contributed by atoms with van der Waals surface area (Å²) in [5.74, 6) is 0.314. The molecule has 0 aliphatic carbocycles. The van der Waals surface area contributed by atoms with Crippen molar-refractivity contribution in [1.29, 1.82) is 0 Å². The van der Waals surface area contributed by atoms with Crippen LogP contribution in [0.15, 0.2) is 42.5 Å². The van der Waals surface area contributed by atoms with Crippen LogP contribution in [0, 0.1) is 12.7 Å². The van der Waals surface area contributed by atoms with E-state index in [-0.39, 0.29) is 5.82 Å². The van der Waals surface area contributed by atoms with Crippen LogP contribution in [0.5, 0.6) is 0 Å². The zero-order valence-electron chi connectivity index (χ0n) is 10.5. The molecule has 2 aromatic rings. The Morgan fingerprint density at radius 3 is 2.41 bits per heavy atom. The fourth-order valence-electron chi connectivity index (χ4n) is 1.92. The Hall–Kier alpha value is -1.63. The zero-order chi connectivity index (χ0) is 12.4. The summed E-state index contributed by atoms with van der Waals surface area (Å²) in [6, 6.07) is 13.5. The van der Waals surface area contributed by atoms with Gasteiger partial charge in [-0.3, -0.25) is 0 Å². The van der Waals surface area contributed by atoms with Gasteiger partial charge in [0, 0.05) is 5.56 Å².